The van der Waals surface area contributed by atoms with Crippen molar-refractivity contribution in [2.24, 2.45) is 0 Å². The van der Waals surface area contributed by atoms with Crippen molar-refractivity contribution in [3.05, 3.63) is 40.5 Å². The molecule has 1 aromatic carbocycles. The van der Waals surface area contributed by atoms with Gasteiger partial charge < -0.3 is 15.2 Å². The molecule has 1 atom stereocenters. The third kappa shape index (κ3) is 3.96. The first kappa shape index (κ1) is 17.2. The lowest BCUT2D eigenvalue weighted by molar-refractivity contribution is -0.145. The van der Waals surface area contributed by atoms with Crippen LogP contribution in [0.5, 0.6) is 0 Å². The van der Waals surface area contributed by atoms with E-state index in [2.05, 4.69) is 31.4 Å². The molecule has 0 aliphatic rings. The van der Waals surface area contributed by atoms with Gasteiger partial charge in [0.1, 0.15) is 5.69 Å². The monoisotopic (exact) mass is 381 g/mol. The number of amides is 1. The SMILES string of the molecule is COCC(C)(NC(=O)c1cc(-c2ccc(Br)cc2)n[nH]1)C(=O)O. The normalized spacial score (nSPS) is 13.3. The van der Waals surface area contributed by atoms with E-state index in [9.17, 15) is 14.7 Å². The van der Waals surface area contributed by atoms with Crippen molar-refractivity contribution in [3.8, 4) is 11.3 Å². The van der Waals surface area contributed by atoms with Crippen molar-refractivity contribution in [3.63, 3.8) is 0 Å². The third-order valence-corrected chi connectivity index (χ3v) is 3.79. The molecule has 0 saturated heterocycles. The molecule has 1 heterocycles. The van der Waals surface area contributed by atoms with Crippen molar-refractivity contribution in [2.75, 3.05) is 13.7 Å². The zero-order valence-corrected chi connectivity index (χ0v) is 14.2. The minimum absolute atomic E-state index is 0.151. The van der Waals surface area contributed by atoms with E-state index in [1.807, 2.05) is 24.3 Å². The van der Waals surface area contributed by atoms with Gasteiger partial charge in [0.15, 0.2) is 5.54 Å². The van der Waals surface area contributed by atoms with E-state index in [1.54, 1.807) is 6.07 Å². The van der Waals surface area contributed by atoms with E-state index >= 15 is 0 Å². The molecule has 0 bridgehead atoms. The first-order valence-electron chi connectivity index (χ1n) is 6.72. The summed E-state index contributed by atoms with van der Waals surface area (Å²) < 4.78 is 5.80. The maximum absolute atomic E-state index is 12.2. The molecule has 0 aliphatic heterocycles. The number of aliphatic carboxylic acids is 1. The van der Waals surface area contributed by atoms with E-state index in [1.165, 1.54) is 14.0 Å². The maximum atomic E-state index is 12.2. The Hall–Kier alpha value is -2.19. The summed E-state index contributed by atoms with van der Waals surface area (Å²) in [5.41, 5.74) is 0.0774. The number of carbonyl (C=O) groups is 2. The lowest BCUT2D eigenvalue weighted by Gasteiger charge is -2.24. The number of methoxy groups -OCH3 is 1. The van der Waals surface area contributed by atoms with Gasteiger partial charge >= 0.3 is 5.97 Å². The van der Waals surface area contributed by atoms with Gasteiger partial charge in [-0.3, -0.25) is 9.89 Å². The largest absolute Gasteiger partial charge is 0.479 e. The van der Waals surface area contributed by atoms with E-state index in [4.69, 9.17) is 4.74 Å². The van der Waals surface area contributed by atoms with Gasteiger partial charge in [0.05, 0.1) is 12.3 Å². The zero-order chi connectivity index (χ0) is 17.0. The standard InChI is InChI=1S/C15H16BrN3O4/c1-15(8-23-2,14(21)22)17-13(20)12-7-11(18-19-12)9-3-5-10(16)6-4-9/h3-7H,8H2,1-2H3,(H,17,20)(H,18,19)(H,21,22). The highest BCUT2D eigenvalue weighted by Gasteiger charge is 2.35. The van der Waals surface area contributed by atoms with Crippen LogP contribution in [-0.4, -0.2) is 46.4 Å². The van der Waals surface area contributed by atoms with Crippen molar-refractivity contribution >= 4 is 27.8 Å². The number of H-pyrrole nitrogens is 1. The minimum atomic E-state index is -1.52. The highest BCUT2D eigenvalue weighted by atomic mass is 79.9. The Bertz CT molecular complexity index is 714. The Morgan fingerprint density at radius 2 is 2.04 bits per heavy atom. The van der Waals surface area contributed by atoms with Crippen molar-refractivity contribution < 1.29 is 19.4 Å². The van der Waals surface area contributed by atoms with Crippen molar-refractivity contribution in [2.45, 2.75) is 12.5 Å². The average molecular weight is 382 g/mol. The first-order valence-corrected chi connectivity index (χ1v) is 7.51. The number of halogens is 1. The molecule has 0 saturated carbocycles. The number of aromatic amines is 1. The van der Waals surface area contributed by atoms with Crippen molar-refractivity contribution in [1.82, 2.24) is 15.5 Å². The Kier molecular flexibility index (Phi) is 5.17. The highest BCUT2D eigenvalue weighted by Crippen LogP contribution is 2.20. The molecular formula is C15H16BrN3O4. The number of ether oxygens (including phenoxy) is 1. The fourth-order valence-corrected chi connectivity index (χ4v) is 2.23. The Morgan fingerprint density at radius 1 is 1.39 bits per heavy atom. The number of carboxylic acids is 1. The van der Waals surface area contributed by atoms with Crippen LogP contribution in [0.2, 0.25) is 0 Å². The number of hydrogen-bond donors (Lipinski definition) is 3. The second-order valence-electron chi connectivity index (χ2n) is 5.20. The number of carbonyl (C=O) groups excluding carboxylic acids is 1. The molecule has 7 nitrogen and oxygen atoms in total. The van der Waals surface area contributed by atoms with Crippen LogP contribution in [-0.2, 0) is 9.53 Å². The van der Waals surface area contributed by atoms with Gasteiger partial charge in [-0.05, 0) is 25.1 Å². The number of hydrogen-bond acceptors (Lipinski definition) is 4. The summed E-state index contributed by atoms with van der Waals surface area (Å²) in [6, 6.07) is 9.00. The lowest BCUT2D eigenvalue weighted by atomic mass is 10.0. The molecule has 1 unspecified atom stereocenters. The number of aromatic nitrogens is 2. The second-order valence-corrected chi connectivity index (χ2v) is 6.11. The van der Waals surface area contributed by atoms with Crippen molar-refractivity contribution in [1.29, 1.82) is 0 Å². The van der Waals surface area contributed by atoms with E-state index < -0.39 is 17.4 Å². The predicted molar refractivity (Wildman–Crippen MR) is 87.1 cm³/mol. The summed E-state index contributed by atoms with van der Waals surface area (Å²) in [7, 11) is 1.37. The molecular weight excluding hydrogens is 366 g/mol. The Labute approximate surface area is 141 Å². The molecule has 122 valence electrons. The fourth-order valence-electron chi connectivity index (χ4n) is 1.96. The molecule has 0 fully saturated rings. The molecule has 3 N–H and O–H groups in total. The van der Waals surface area contributed by atoms with E-state index in [-0.39, 0.29) is 12.3 Å². The minimum Gasteiger partial charge on any atom is -0.479 e. The number of carboxylic acid groups (broad SMARTS) is 1. The predicted octanol–water partition coefficient (Wildman–Crippen LogP) is 2.06. The fraction of sp³-hybridized carbons (Fsp3) is 0.267. The molecule has 2 rings (SSSR count). The summed E-state index contributed by atoms with van der Waals surface area (Å²) in [5.74, 6) is -1.75. The first-order chi connectivity index (χ1) is 10.9. The molecule has 0 radical (unpaired) electrons. The summed E-state index contributed by atoms with van der Waals surface area (Å²) >= 11 is 3.35. The number of nitrogens with one attached hydrogen (secondary N) is 2. The van der Waals surface area contributed by atoms with Crippen LogP contribution < -0.4 is 5.32 Å². The smallest absolute Gasteiger partial charge is 0.331 e. The molecule has 1 amide bonds. The van der Waals surface area contributed by atoms with Gasteiger partial charge in [-0.2, -0.15) is 5.10 Å². The molecule has 0 spiro atoms. The number of benzene rings is 1. The highest BCUT2D eigenvalue weighted by molar-refractivity contribution is 9.10. The maximum Gasteiger partial charge on any atom is 0.331 e. The third-order valence-electron chi connectivity index (χ3n) is 3.26. The molecule has 1 aromatic heterocycles. The van der Waals surface area contributed by atoms with Gasteiger partial charge in [0.25, 0.3) is 5.91 Å². The zero-order valence-electron chi connectivity index (χ0n) is 12.6. The Morgan fingerprint density at radius 3 is 2.61 bits per heavy atom. The van der Waals surface area contributed by atoms with Gasteiger partial charge in [-0.15, -0.1) is 0 Å². The quantitative estimate of drug-likeness (QED) is 0.710. The van der Waals surface area contributed by atoms with E-state index in [0.29, 0.717) is 5.69 Å². The van der Waals surface area contributed by atoms with Crippen LogP contribution in [0, 0.1) is 0 Å². The summed E-state index contributed by atoms with van der Waals surface area (Å²) in [4.78, 5) is 23.5. The lowest BCUT2D eigenvalue weighted by Crippen LogP contribution is -2.55. The van der Waals surface area contributed by atoms with Crippen LogP contribution in [0.1, 0.15) is 17.4 Å². The molecule has 8 heteroatoms. The summed E-state index contributed by atoms with van der Waals surface area (Å²) in [6.45, 7) is 1.23. The topological polar surface area (TPSA) is 104 Å². The van der Waals surface area contributed by atoms with Gasteiger partial charge in [-0.25, -0.2) is 4.79 Å². The van der Waals surface area contributed by atoms with Gasteiger partial charge in [-0.1, -0.05) is 28.1 Å². The molecule has 2 aromatic rings. The van der Waals surface area contributed by atoms with Crippen LogP contribution in [0.25, 0.3) is 11.3 Å². The number of nitrogens with zero attached hydrogens (tertiary/aromatic N) is 1. The van der Waals surface area contributed by atoms with Crippen LogP contribution in [0.15, 0.2) is 34.8 Å². The van der Waals surface area contributed by atoms with Gasteiger partial charge in [0, 0.05) is 17.1 Å². The van der Waals surface area contributed by atoms with E-state index in [0.717, 1.165) is 10.0 Å². The summed E-state index contributed by atoms with van der Waals surface area (Å²) in [5, 5.41) is 18.4. The number of rotatable bonds is 6. The summed E-state index contributed by atoms with van der Waals surface area (Å²) in [6.07, 6.45) is 0. The second kappa shape index (κ2) is 6.93. The van der Waals surface area contributed by atoms with Crippen LogP contribution in [0.4, 0.5) is 0 Å². The molecule has 0 aliphatic carbocycles. The van der Waals surface area contributed by atoms with Crippen LogP contribution >= 0.6 is 15.9 Å². The Balaban J connectivity index is 2.18. The molecule has 23 heavy (non-hydrogen) atoms. The average Bonchev–Trinajstić information content (AvgIpc) is 2.98. The van der Waals surface area contributed by atoms with Crippen LogP contribution in [0.3, 0.4) is 0 Å². The van der Waals surface area contributed by atoms with Gasteiger partial charge in [0.2, 0.25) is 0 Å².